The molecule has 1 aliphatic carbocycles. The van der Waals surface area contributed by atoms with Crippen molar-refractivity contribution in [2.75, 3.05) is 0 Å². The number of rotatable bonds is 1. The molecule has 100 valence electrons. The maximum atomic E-state index is 10.3. The molecule has 0 spiro atoms. The van der Waals surface area contributed by atoms with Crippen molar-refractivity contribution >= 4 is 23.0 Å². The third-order valence-corrected chi connectivity index (χ3v) is 4.05. The van der Waals surface area contributed by atoms with Crippen molar-refractivity contribution in [1.29, 1.82) is 0 Å². The van der Waals surface area contributed by atoms with Crippen LogP contribution in [0.15, 0.2) is 29.3 Å². The van der Waals surface area contributed by atoms with Crippen LogP contribution in [0, 0.1) is 5.92 Å². The number of aliphatic imine (C=N–C) groups is 1. The zero-order valence-corrected chi connectivity index (χ0v) is 11.2. The van der Waals surface area contributed by atoms with Crippen molar-refractivity contribution in [1.82, 2.24) is 5.32 Å². The highest BCUT2D eigenvalue weighted by Crippen LogP contribution is 2.36. The Morgan fingerprint density at radius 2 is 2.21 bits per heavy atom. The zero-order valence-electron chi connectivity index (χ0n) is 10.4. The molecule has 1 aromatic carbocycles. The number of phenolic OH excluding ortho intramolecular Hbond substituents is 1. The Kier molecular flexibility index (Phi) is 3.24. The molecule has 0 bridgehead atoms. The highest BCUT2D eigenvalue weighted by molar-refractivity contribution is 7.80. The molecule has 3 atom stereocenters. The van der Waals surface area contributed by atoms with Crippen LogP contribution in [-0.2, 0) is 0 Å². The van der Waals surface area contributed by atoms with Gasteiger partial charge in [0.15, 0.2) is 5.11 Å². The van der Waals surface area contributed by atoms with E-state index in [4.69, 9.17) is 12.2 Å². The average Bonchev–Trinajstić information content (AvgIpc) is 2.37. The van der Waals surface area contributed by atoms with E-state index in [1.54, 1.807) is 18.2 Å². The van der Waals surface area contributed by atoms with Gasteiger partial charge in [-0.25, -0.2) is 4.99 Å². The highest BCUT2D eigenvalue weighted by atomic mass is 32.1. The van der Waals surface area contributed by atoms with Crippen LogP contribution in [0.4, 0.5) is 0 Å². The van der Waals surface area contributed by atoms with Crippen LogP contribution in [-0.4, -0.2) is 27.1 Å². The standard InChI is InChI=1S/C14H16N2O2S/c17-9-4-1-3-8(7-9)13-12-10(15-14(19)16-13)5-2-6-11(12)18/h1,3-4,7,11-13,17-18H,2,5-6H2,(H,16,19). The lowest BCUT2D eigenvalue weighted by atomic mass is 9.76. The van der Waals surface area contributed by atoms with Crippen LogP contribution in [0.25, 0.3) is 0 Å². The SMILES string of the molecule is Oc1cccc(C2NC(=S)N=C3CCCC(O)C32)c1. The van der Waals surface area contributed by atoms with Crippen molar-refractivity contribution in [3.63, 3.8) is 0 Å². The Morgan fingerprint density at radius 3 is 3.00 bits per heavy atom. The Morgan fingerprint density at radius 1 is 1.37 bits per heavy atom. The Bertz CT molecular complexity index is 544. The van der Waals surface area contributed by atoms with Gasteiger partial charge < -0.3 is 15.5 Å². The summed E-state index contributed by atoms with van der Waals surface area (Å²) < 4.78 is 0. The summed E-state index contributed by atoms with van der Waals surface area (Å²) in [4.78, 5) is 4.37. The van der Waals surface area contributed by atoms with E-state index in [0.29, 0.717) is 5.11 Å². The number of phenols is 1. The van der Waals surface area contributed by atoms with Crippen molar-refractivity contribution in [3.05, 3.63) is 29.8 Å². The van der Waals surface area contributed by atoms with Gasteiger partial charge in [-0.2, -0.15) is 0 Å². The normalized spacial score (nSPS) is 30.3. The smallest absolute Gasteiger partial charge is 0.193 e. The first-order chi connectivity index (χ1) is 9.15. The number of hydrogen-bond donors (Lipinski definition) is 3. The van der Waals surface area contributed by atoms with Gasteiger partial charge in [0, 0.05) is 11.6 Å². The van der Waals surface area contributed by atoms with E-state index in [9.17, 15) is 10.2 Å². The van der Waals surface area contributed by atoms with Gasteiger partial charge in [-0.05, 0) is 49.2 Å². The summed E-state index contributed by atoms with van der Waals surface area (Å²) in [5.41, 5.74) is 1.91. The van der Waals surface area contributed by atoms with Gasteiger partial charge >= 0.3 is 0 Å². The van der Waals surface area contributed by atoms with Crippen LogP contribution < -0.4 is 5.32 Å². The van der Waals surface area contributed by atoms with E-state index >= 15 is 0 Å². The molecule has 0 aromatic heterocycles. The minimum absolute atomic E-state index is 0.0535. The van der Waals surface area contributed by atoms with E-state index in [0.717, 1.165) is 30.5 Å². The third kappa shape index (κ3) is 2.35. The minimum atomic E-state index is -0.407. The van der Waals surface area contributed by atoms with Crippen molar-refractivity contribution in [2.24, 2.45) is 10.9 Å². The molecule has 2 aliphatic rings. The monoisotopic (exact) mass is 276 g/mol. The lowest BCUT2D eigenvalue weighted by Gasteiger charge is -2.39. The van der Waals surface area contributed by atoms with Gasteiger partial charge in [0.05, 0.1) is 12.1 Å². The number of fused-ring (bicyclic) bond motifs is 1. The number of aliphatic hydroxyl groups excluding tert-OH is 1. The molecule has 1 heterocycles. The molecule has 0 saturated heterocycles. The van der Waals surface area contributed by atoms with Gasteiger partial charge in [0.1, 0.15) is 5.75 Å². The topological polar surface area (TPSA) is 64.8 Å². The first-order valence-electron chi connectivity index (χ1n) is 6.50. The summed E-state index contributed by atoms with van der Waals surface area (Å²) in [7, 11) is 0. The highest BCUT2D eigenvalue weighted by Gasteiger charge is 2.39. The Hall–Kier alpha value is -1.46. The summed E-state index contributed by atoms with van der Waals surface area (Å²) in [6.07, 6.45) is 2.22. The number of aromatic hydroxyl groups is 1. The number of benzene rings is 1. The van der Waals surface area contributed by atoms with Crippen LogP contribution in [0.1, 0.15) is 30.9 Å². The summed E-state index contributed by atoms with van der Waals surface area (Å²) in [5.74, 6) is 0.168. The minimum Gasteiger partial charge on any atom is -0.508 e. The number of nitrogens with zero attached hydrogens (tertiary/aromatic N) is 1. The van der Waals surface area contributed by atoms with E-state index < -0.39 is 6.10 Å². The first-order valence-corrected chi connectivity index (χ1v) is 6.91. The van der Waals surface area contributed by atoms with Gasteiger partial charge in [-0.1, -0.05) is 12.1 Å². The zero-order chi connectivity index (χ0) is 13.4. The largest absolute Gasteiger partial charge is 0.508 e. The van der Waals surface area contributed by atoms with Gasteiger partial charge in [0.25, 0.3) is 0 Å². The lowest BCUT2D eigenvalue weighted by Crippen LogP contribution is -2.47. The van der Waals surface area contributed by atoms with Crippen molar-refractivity contribution < 1.29 is 10.2 Å². The maximum absolute atomic E-state index is 10.3. The molecule has 1 fully saturated rings. The van der Waals surface area contributed by atoms with Gasteiger partial charge in [-0.3, -0.25) is 0 Å². The molecule has 0 radical (unpaired) electrons. The molecule has 1 aliphatic heterocycles. The van der Waals surface area contributed by atoms with Crippen LogP contribution in [0.2, 0.25) is 0 Å². The molecule has 3 unspecified atom stereocenters. The molecule has 3 rings (SSSR count). The van der Waals surface area contributed by atoms with E-state index in [1.165, 1.54) is 0 Å². The van der Waals surface area contributed by atoms with E-state index in [2.05, 4.69) is 10.3 Å². The predicted octanol–water partition coefficient (Wildman–Crippen LogP) is 1.92. The van der Waals surface area contributed by atoms with E-state index in [1.807, 2.05) is 6.07 Å². The molecule has 3 N–H and O–H groups in total. The molecule has 5 heteroatoms. The fraction of sp³-hybridized carbons (Fsp3) is 0.429. The Balaban J connectivity index is 2.00. The summed E-state index contributed by atoms with van der Waals surface area (Å²) in [5, 5.41) is 23.5. The third-order valence-electron chi connectivity index (χ3n) is 3.84. The van der Waals surface area contributed by atoms with Crippen LogP contribution >= 0.6 is 12.2 Å². The summed E-state index contributed by atoms with van der Waals surface area (Å²) in [6.45, 7) is 0. The molecular formula is C14H16N2O2S. The lowest BCUT2D eigenvalue weighted by molar-refractivity contribution is 0.1000. The number of thiocarbonyl (C=S) groups is 1. The Labute approximate surface area is 117 Å². The molecule has 19 heavy (non-hydrogen) atoms. The second-order valence-corrected chi connectivity index (χ2v) is 5.50. The second kappa shape index (κ2) is 4.90. The molecule has 1 aromatic rings. The molecule has 1 saturated carbocycles. The van der Waals surface area contributed by atoms with Crippen LogP contribution in [0.5, 0.6) is 5.75 Å². The number of hydrogen-bond acceptors (Lipinski definition) is 3. The van der Waals surface area contributed by atoms with Gasteiger partial charge in [-0.15, -0.1) is 0 Å². The van der Waals surface area contributed by atoms with E-state index in [-0.39, 0.29) is 17.7 Å². The summed E-state index contributed by atoms with van der Waals surface area (Å²) >= 11 is 5.18. The number of nitrogens with one attached hydrogen (secondary N) is 1. The van der Waals surface area contributed by atoms with Gasteiger partial charge in [0.2, 0.25) is 0 Å². The quantitative estimate of drug-likeness (QED) is 0.686. The van der Waals surface area contributed by atoms with Crippen molar-refractivity contribution in [2.45, 2.75) is 31.4 Å². The second-order valence-electron chi connectivity index (χ2n) is 5.11. The summed E-state index contributed by atoms with van der Waals surface area (Å²) in [6, 6.07) is 6.98. The predicted molar refractivity (Wildman–Crippen MR) is 77.4 cm³/mol. The maximum Gasteiger partial charge on any atom is 0.193 e. The van der Waals surface area contributed by atoms with Crippen molar-refractivity contribution in [3.8, 4) is 5.75 Å². The average molecular weight is 276 g/mol. The molecule has 4 nitrogen and oxygen atoms in total. The molecular weight excluding hydrogens is 260 g/mol. The fourth-order valence-corrected chi connectivity index (χ4v) is 3.24. The van der Waals surface area contributed by atoms with Crippen LogP contribution in [0.3, 0.4) is 0 Å². The first kappa shape index (κ1) is 12.6. The molecule has 0 amide bonds. The number of aliphatic hydroxyl groups is 1. The fourth-order valence-electron chi connectivity index (χ4n) is 3.00.